The minimum absolute atomic E-state index is 0.0176. The molecule has 1 saturated heterocycles. The highest BCUT2D eigenvalue weighted by atomic mass is 16.5. The van der Waals surface area contributed by atoms with Gasteiger partial charge in [-0.3, -0.25) is 9.59 Å². The van der Waals surface area contributed by atoms with Crippen LogP contribution in [0, 0.1) is 6.92 Å². The van der Waals surface area contributed by atoms with E-state index < -0.39 is 0 Å². The summed E-state index contributed by atoms with van der Waals surface area (Å²) >= 11 is 0. The third-order valence-corrected chi connectivity index (χ3v) is 6.61. The van der Waals surface area contributed by atoms with Gasteiger partial charge in [0.05, 0.1) is 23.9 Å². The lowest BCUT2D eigenvalue weighted by Crippen LogP contribution is -2.33. The molecular formula is C27H28N4O3. The molecule has 0 aliphatic carbocycles. The second-order valence-electron chi connectivity index (χ2n) is 8.77. The highest BCUT2D eigenvalue weighted by molar-refractivity contribution is 6.36. The van der Waals surface area contributed by atoms with Gasteiger partial charge in [-0.15, -0.1) is 0 Å². The Bertz CT molecular complexity index is 1290. The average molecular weight is 457 g/mol. The Labute approximate surface area is 198 Å². The summed E-state index contributed by atoms with van der Waals surface area (Å²) in [6.07, 6.45) is 2.74. The minimum atomic E-state index is -0.182. The molecule has 2 amide bonds. The van der Waals surface area contributed by atoms with Gasteiger partial charge in [0.1, 0.15) is 5.75 Å². The van der Waals surface area contributed by atoms with Crippen molar-refractivity contribution in [3.8, 4) is 16.9 Å². The lowest BCUT2D eigenvalue weighted by atomic mass is 9.94. The number of likely N-dealkylation sites (N-methyl/N-ethyl adjacent to an activating group) is 1. The number of aryl methyl sites for hydroxylation is 1. The Morgan fingerprint density at radius 1 is 1.21 bits per heavy atom. The number of nitrogens with one attached hydrogen (secondary N) is 3. The van der Waals surface area contributed by atoms with Crippen molar-refractivity contribution < 1.29 is 14.3 Å². The van der Waals surface area contributed by atoms with Crippen LogP contribution in [-0.4, -0.2) is 55.0 Å². The number of nitrogens with zero attached hydrogens (tertiary/aromatic N) is 1. The van der Waals surface area contributed by atoms with Crippen LogP contribution in [0.3, 0.4) is 0 Å². The molecule has 1 aromatic heterocycles. The smallest absolute Gasteiger partial charge is 0.256 e. The van der Waals surface area contributed by atoms with Crippen LogP contribution >= 0.6 is 0 Å². The molecule has 5 rings (SSSR count). The largest absolute Gasteiger partial charge is 0.497 e. The molecule has 2 aliphatic heterocycles. The van der Waals surface area contributed by atoms with E-state index in [1.165, 1.54) is 0 Å². The Hall–Kier alpha value is -3.84. The number of fused-ring (bicyclic) bond motifs is 1. The van der Waals surface area contributed by atoms with E-state index in [1.54, 1.807) is 13.2 Å². The summed E-state index contributed by atoms with van der Waals surface area (Å²) in [5, 5.41) is 6.23. The summed E-state index contributed by atoms with van der Waals surface area (Å²) in [5.74, 6) is 0.572. The standard InChI is InChI=1S/C27H28N4O3/c1-16-13-21(27(33)31-12-11-18(15-31)28-2)24(29-16)14-22-25-20(5-4-6-23(25)30-26(22)32)17-7-9-19(34-3)10-8-17/h4-10,13-14,18,28-29H,11-12,15H2,1-3H3,(H,30,32)/b22-14-/t18-/m1/s1. The minimum Gasteiger partial charge on any atom is -0.497 e. The van der Waals surface area contributed by atoms with Gasteiger partial charge in [0, 0.05) is 36.1 Å². The number of anilines is 1. The molecule has 2 aliphatic rings. The highest BCUT2D eigenvalue weighted by Crippen LogP contribution is 2.41. The first-order valence-electron chi connectivity index (χ1n) is 11.5. The summed E-state index contributed by atoms with van der Waals surface area (Å²) in [6.45, 7) is 3.32. The number of amides is 2. The summed E-state index contributed by atoms with van der Waals surface area (Å²) in [5.41, 5.74) is 6.17. The van der Waals surface area contributed by atoms with Crippen LogP contribution in [0.4, 0.5) is 5.69 Å². The van der Waals surface area contributed by atoms with E-state index in [9.17, 15) is 9.59 Å². The summed E-state index contributed by atoms with van der Waals surface area (Å²) in [6, 6.07) is 15.8. The zero-order valence-electron chi connectivity index (χ0n) is 19.6. The Morgan fingerprint density at radius 3 is 2.71 bits per heavy atom. The molecule has 3 heterocycles. The third kappa shape index (κ3) is 3.88. The first kappa shape index (κ1) is 22.0. The zero-order valence-corrected chi connectivity index (χ0v) is 19.6. The van der Waals surface area contributed by atoms with Crippen LogP contribution in [-0.2, 0) is 4.79 Å². The van der Waals surface area contributed by atoms with Crippen LogP contribution in [0.15, 0.2) is 48.5 Å². The second-order valence-corrected chi connectivity index (χ2v) is 8.77. The summed E-state index contributed by atoms with van der Waals surface area (Å²) in [7, 11) is 3.56. The fourth-order valence-corrected chi connectivity index (χ4v) is 4.79. The molecule has 1 fully saturated rings. The molecule has 174 valence electrons. The second kappa shape index (κ2) is 8.83. The number of benzene rings is 2. The summed E-state index contributed by atoms with van der Waals surface area (Å²) in [4.78, 5) is 31.5. The maximum absolute atomic E-state index is 13.3. The molecule has 2 aromatic carbocycles. The topological polar surface area (TPSA) is 86.5 Å². The van der Waals surface area contributed by atoms with Crippen molar-refractivity contribution in [1.29, 1.82) is 0 Å². The van der Waals surface area contributed by atoms with Crippen molar-refractivity contribution >= 4 is 29.2 Å². The molecule has 0 saturated carbocycles. The van der Waals surface area contributed by atoms with E-state index in [1.807, 2.05) is 67.4 Å². The fraction of sp³-hybridized carbons (Fsp3) is 0.259. The van der Waals surface area contributed by atoms with Gasteiger partial charge in [0.25, 0.3) is 11.8 Å². The molecule has 0 radical (unpaired) electrons. The monoisotopic (exact) mass is 456 g/mol. The number of aromatic amines is 1. The number of methoxy groups -OCH3 is 1. The van der Waals surface area contributed by atoms with E-state index in [4.69, 9.17) is 4.74 Å². The lowest BCUT2D eigenvalue weighted by molar-refractivity contribution is -0.110. The molecule has 0 spiro atoms. The van der Waals surface area contributed by atoms with Gasteiger partial charge >= 0.3 is 0 Å². The number of hydrogen-bond donors (Lipinski definition) is 3. The first-order valence-corrected chi connectivity index (χ1v) is 11.5. The number of H-pyrrole nitrogens is 1. The van der Waals surface area contributed by atoms with E-state index in [0.29, 0.717) is 29.4 Å². The van der Waals surface area contributed by atoms with Gasteiger partial charge < -0.3 is 25.3 Å². The lowest BCUT2D eigenvalue weighted by Gasteiger charge is -2.16. The highest BCUT2D eigenvalue weighted by Gasteiger charge is 2.30. The maximum atomic E-state index is 13.3. The number of carbonyl (C=O) groups excluding carboxylic acids is 2. The van der Waals surface area contributed by atoms with Crippen molar-refractivity contribution in [1.82, 2.24) is 15.2 Å². The number of carbonyl (C=O) groups is 2. The van der Waals surface area contributed by atoms with Crippen LogP contribution in [0.2, 0.25) is 0 Å². The van der Waals surface area contributed by atoms with Gasteiger partial charge in [0.2, 0.25) is 0 Å². The van der Waals surface area contributed by atoms with Crippen molar-refractivity contribution in [2.45, 2.75) is 19.4 Å². The molecule has 1 atom stereocenters. The maximum Gasteiger partial charge on any atom is 0.256 e. The number of aromatic nitrogens is 1. The van der Waals surface area contributed by atoms with Crippen molar-refractivity contribution in [3.63, 3.8) is 0 Å². The SMILES string of the molecule is CN[C@@H]1CCN(C(=O)c2cc(C)[nH]c2/C=C2\C(=O)Nc3cccc(-c4ccc(OC)cc4)c32)C1. The number of hydrogen-bond acceptors (Lipinski definition) is 4. The van der Waals surface area contributed by atoms with Crippen LogP contribution in [0.25, 0.3) is 22.8 Å². The Kier molecular flexibility index (Phi) is 5.71. The number of rotatable bonds is 5. The molecule has 3 aromatic rings. The third-order valence-electron chi connectivity index (χ3n) is 6.61. The molecule has 0 bridgehead atoms. The number of likely N-dealkylation sites (tertiary alicyclic amines) is 1. The first-order chi connectivity index (χ1) is 16.5. The van der Waals surface area contributed by atoms with Crippen molar-refractivity contribution in [2.75, 3.05) is 32.6 Å². The molecule has 7 heteroatoms. The zero-order chi connectivity index (χ0) is 23.8. The van der Waals surface area contributed by atoms with Gasteiger partial charge in [-0.2, -0.15) is 0 Å². The van der Waals surface area contributed by atoms with E-state index in [2.05, 4.69) is 15.6 Å². The van der Waals surface area contributed by atoms with E-state index in [-0.39, 0.29) is 11.8 Å². The predicted octanol–water partition coefficient (Wildman–Crippen LogP) is 3.93. The van der Waals surface area contributed by atoms with Gasteiger partial charge in [-0.1, -0.05) is 24.3 Å². The van der Waals surface area contributed by atoms with E-state index >= 15 is 0 Å². The van der Waals surface area contributed by atoms with Crippen molar-refractivity contribution in [3.05, 3.63) is 71.0 Å². The molecule has 7 nitrogen and oxygen atoms in total. The molecule has 0 unspecified atom stereocenters. The Balaban J connectivity index is 1.56. The Morgan fingerprint density at radius 2 is 2.00 bits per heavy atom. The normalized spacial score (nSPS) is 18.3. The van der Waals surface area contributed by atoms with Crippen LogP contribution < -0.4 is 15.4 Å². The van der Waals surface area contributed by atoms with Gasteiger partial charge in [0.15, 0.2) is 0 Å². The van der Waals surface area contributed by atoms with Crippen LogP contribution in [0.5, 0.6) is 5.75 Å². The van der Waals surface area contributed by atoms with Crippen molar-refractivity contribution in [2.24, 2.45) is 0 Å². The van der Waals surface area contributed by atoms with Gasteiger partial charge in [-0.05, 0) is 61.9 Å². The average Bonchev–Trinajstić information content (AvgIpc) is 3.56. The molecule has 34 heavy (non-hydrogen) atoms. The van der Waals surface area contributed by atoms with Crippen LogP contribution in [0.1, 0.15) is 33.7 Å². The van der Waals surface area contributed by atoms with E-state index in [0.717, 1.165) is 46.8 Å². The molecular weight excluding hydrogens is 428 g/mol. The fourth-order valence-electron chi connectivity index (χ4n) is 4.79. The summed E-state index contributed by atoms with van der Waals surface area (Å²) < 4.78 is 5.29. The predicted molar refractivity (Wildman–Crippen MR) is 134 cm³/mol. The quantitative estimate of drug-likeness (QED) is 0.508. The number of ether oxygens (including phenoxy) is 1. The van der Waals surface area contributed by atoms with Gasteiger partial charge in [-0.25, -0.2) is 0 Å². The molecule has 3 N–H and O–H groups in total.